The average molecular weight is 549 g/mol. The summed E-state index contributed by atoms with van der Waals surface area (Å²) in [6.07, 6.45) is 9.42. The molecular formula is C30H32N10O. The molecule has 208 valence electrons. The zero-order valence-corrected chi connectivity index (χ0v) is 23.0. The lowest BCUT2D eigenvalue weighted by Gasteiger charge is -2.14. The highest BCUT2D eigenvalue weighted by Crippen LogP contribution is 2.33. The van der Waals surface area contributed by atoms with Gasteiger partial charge in [-0.1, -0.05) is 6.07 Å². The molecule has 0 atom stereocenters. The first-order valence-corrected chi connectivity index (χ1v) is 13.4. The molecule has 5 aromatic rings. The number of aldehydes is 1. The van der Waals surface area contributed by atoms with E-state index in [0.29, 0.717) is 23.7 Å². The number of pyridine rings is 3. The summed E-state index contributed by atoms with van der Waals surface area (Å²) in [6.45, 7) is 2.49. The van der Waals surface area contributed by atoms with Crippen LogP contribution in [0.15, 0.2) is 72.1 Å². The highest BCUT2D eigenvalue weighted by atomic mass is 16.1. The van der Waals surface area contributed by atoms with Crippen LogP contribution in [0.4, 0.5) is 11.6 Å². The molecule has 1 aliphatic carbocycles. The maximum Gasteiger partial charge on any atom is 0.168 e. The third-order valence-corrected chi connectivity index (χ3v) is 6.83. The molecule has 11 heteroatoms. The number of carbonyl (C=O) groups excluding carboxylic acids is 1. The van der Waals surface area contributed by atoms with Gasteiger partial charge in [0.2, 0.25) is 0 Å². The van der Waals surface area contributed by atoms with Crippen molar-refractivity contribution in [3.8, 4) is 17.1 Å². The number of aromatic nitrogens is 5. The fourth-order valence-corrected chi connectivity index (χ4v) is 4.85. The van der Waals surface area contributed by atoms with E-state index < -0.39 is 0 Å². The molecule has 4 aromatic heterocycles. The SMILES string of the molecule is CN.Cc1ncccc1C=O.Nc1ncccc1-c1nc2ccc(N3N=CCN3)nc2n1-c1ccc2c(c1)CCC2. The van der Waals surface area contributed by atoms with Gasteiger partial charge in [0.15, 0.2) is 23.6 Å². The van der Waals surface area contributed by atoms with E-state index in [1.165, 1.54) is 24.6 Å². The molecule has 7 rings (SSSR count). The van der Waals surface area contributed by atoms with E-state index in [-0.39, 0.29) is 0 Å². The third kappa shape index (κ3) is 5.67. The van der Waals surface area contributed by atoms with Crippen LogP contribution in [-0.4, -0.2) is 50.6 Å². The Morgan fingerprint density at radius 3 is 2.49 bits per heavy atom. The van der Waals surface area contributed by atoms with E-state index in [9.17, 15) is 4.79 Å². The van der Waals surface area contributed by atoms with Gasteiger partial charge in [-0.2, -0.15) is 10.2 Å². The van der Waals surface area contributed by atoms with Gasteiger partial charge >= 0.3 is 0 Å². The van der Waals surface area contributed by atoms with E-state index in [2.05, 4.69) is 49.0 Å². The molecule has 41 heavy (non-hydrogen) atoms. The van der Waals surface area contributed by atoms with E-state index in [0.717, 1.165) is 53.1 Å². The second-order valence-electron chi connectivity index (χ2n) is 9.29. The monoisotopic (exact) mass is 548 g/mol. The first kappa shape index (κ1) is 27.6. The maximum atomic E-state index is 10.2. The number of hydrazine groups is 1. The highest BCUT2D eigenvalue weighted by molar-refractivity contribution is 5.84. The van der Waals surface area contributed by atoms with Crippen LogP contribution in [-0.2, 0) is 12.8 Å². The number of hydrogen-bond acceptors (Lipinski definition) is 10. The van der Waals surface area contributed by atoms with Crippen LogP contribution in [0.3, 0.4) is 0 Å². The summed E-state index contributed by atoms with van der Waals surface area (Å²) in [6, 6.07) is 17.8. The molecule has 0 fully saturated rings. The molecule has 0 bridgehead atoms. The first-order chi connectivity index (χ1) is 20.1. The molecule has 0 unspecified atom stereocenters. The van der Waals surface area contributed by atoms with Crippen LogP contribution < -0.4 is 22.0 Å². The van der Waals surface area contributed by atoms with Crippen LogP contribution in [0.25, 0.3) is 28.2 Å². The molecule has 5 heterocycles. The van der Waals surface area contributed by atoms with Crippen molar-refractivity contribution in [2.24, 2.45) is 10.8 Å². The van der Waals surface area contributed by atoms with Crippen molar-refractivity contribution in [3.05, 3.63) is 89.4 Å². The third-order valence-electron chi connectivity index (χ3n) is 6.83. The van der Waals surface area contributed by atoms with Gasteiger partial charge in [0.1, 0.15) is 11.3 Å². The number of fused-ring (bicyclic) bond motifs is 2. The number of aryl methyl sites for hydroxylation is 3. The summed E-state index contributed by atoms with van der Waals surface area (Å²) in [5.41, 5.74) is 21.5. The Balaban J connectivity index is 0.000000262. The van der Waals surface area contributed by atoms with Crippen LogP contribution in [0.1, 0.15) is 33.6 Å². The smallest absolute Gasteiger partial charge is 0.168 e. The summed E-state index contributed by atoms with van der Waals surface area (Å²) < 4.78 is 2.07. The van der Waals surface area contributed by atoms with Crippen LogP contribution >= 0.6 is 0 Å². The fraction of sp³-hybridized carbons (Fsp3) is 0.200. The Hall–Kier alpha value is -5.00. The van der Waals surface area contributed by atoms with Gasteiger partial charge in [-0.05, 0) is 92.9 Å². The lowest BCUT2D eigenvalue weighted by molar-refractivity contribution is 0.112. The Morgan fingerprint density at radius 1 is 0.951 bits per heavy atom. The molecule has 0 saturated heterocycles. The van der Waals surface area contributed by atoms with Crippen LogP contribution in [0, 0.1) is 6.92 Å². The van der Waals surface area contributed by atoms with Gasteiger partial charge in [-0.25, -0.2) is 20.4 Å². The Bertz CT molecular complexity index is 1710. The number of benzene rings is 1. The van der Waals surface area contributed by atoms with E-state index in [4.69, 9.17) is 15.7 Å². The van der Waals surface area contributed by atoms with Gasteiger partial charge in [0.25, 0.3) is 0 Å². The van der Waals surface area contributed by atoms with Crippen molar-refractivity contribution in [2.45, 2.75) is 26.2 Å². The number of nitrogens with one attached hydrogen (secondary N) is 1. The van der Waals surface area contributed by atoms with Gasteiger partial charge in [0, 0.05) is 35.6 Å². The molecule has 5 N–H and O–H groups in total. The topological polar surface area (TPSA) is 153 Å². The van der Waals surface area contributed by atoms with E-state index in [1.807, 2.05) is 37.4 Å². The van der Waals surface area contributed by atoms with Gasteiger partial charge in [-0.15, -0.1) is 0 Å². The highest BCUT2D eigenvalue weighted by Gasteiger charge is 2.21. The number of rotatable bonds is 4. The van der Waals surface area contributed by atoms with Crippen LogP contribution in [0.2, 0.25) is 0 Å². The molecule has 2 aliphatic rings. The van der Waals surface area contributed by atoms with Crippen molar-refractivity contribution in [2.75, 3.05) is 24.4 Å². The molecular weight excluding hydrogens is 516 g/mol. The predicted octanol–water partition coefficient (Wildman–Crippen LogP) is 3.64. The number of carbonyl (C=O) groups is 1. The molecule has 0 spiro atoms. The molecule has 1 aromatic carbocycles. The summed E-state index contributed by atoms with van der Waals surface area (Å²) in [7, 11) is 1.50. The van der Waals surface area contributed by atoms with Gasteiger partial charge in [0.05, 0.1) is 12.1 Å². The minimum atomic E-state index is 0.446. The zero-order chi connectivity index (χ0) is 28.8. The van der Waals surface area contributed by atoms with Crippen molar-refractivity contribution < 1.29 is 4.79 Å². The number of nitrogens with zero attached hydrogens (tertiary/aromatic N) is 7. The number of anilines is 2. The van der Waals surface area contributed by atoms with Crippen molar-refractivity contribution in [1.82, 2.24) is 29.9 Å². The Kier molecular flexibility index (Phi) is 8.37. The summed E-state index contributed by atoms with van der Waals surface area (Å²) in [5, 5.41) is 5.99. The van der Waals surface area contributed by atoms with Gasteiger partial charge < -0.3 is 11.5 Å². The molecule has 0 amide bonds. The molecule has 1 aliphatic heterocycles. The number of nitrogen functional groups attached to an aromatic ring is 1. The lowest BCUT2D eigenvalue weighted by atomic mass is 10.1. The summed E-state index contributed by atoms with van der Waals surface area (Å²) in [5.74, 6) is 1.89. The normalized spacial score (nSPS) is 13.3. The average Bonchev–Trinajstić information content (AvgIpc) is 3.78. The number of imidazole rings is 1. The second-order valence-corrected chi connectivity index (χ2v) is 9.29. The number of hydrazone groups is 1. The molecule has 0 saturated carbocycles. The van der Waals surface area contributed by atoms with Crippen molar-refractivity contribution in [1.29, 1.82) is 0 Å². The lowest BCUT2D eigenvalue weighted by Crippen LogP contribution is -2.29. The fourth-order valence-electron chi connectivity index (χ4n) is 4.85. The Labute approximate surface area is 237 Å². The van der Waals surface area contributed by atoms with E-state index >= 15 is 0 Å². The van der Waals surface area contributed by atoms with Crippen molar-refractivity contribution >= 4 is 35.3 Å². The minimum Gasteiger partial charge on any atom is -0.383 e. The molecule has 0 radical (unpaired) electrons. The first-order valence-electron chi connectivity index (χ1n) is 13.4. The Morgan fingerprint density at radius 2 is 1.76 bits per heavy atom. The maximum absolute atomic E-state index is 10.2. The van der Waals surface area contributed by atoms with Crippen LogP contribution in [0.5, 0.6) is 0 Å². The minimum absolute atomic E-state index is 0.446. The number of hydrogen-bond donors (Lipinski definition) is 3. The predicted molar refractivity (Wildman–Crippen MR) is 162 cm³/mol. The number of nitrogens with two attached hydrogens (primary N) is 2. The molecule has 11 nitrogen and oxygen atoms in total. The zero-order valence-electron chi connectivity index (χ0n) is 23.0. The largest absolute Gasteiger partial charge is 0.383 e. The standard InChI is InChI=1S/C22H20N8.C7H7NO.CH5N/c23-20-17(5-2-10-24-20)21-27-18-8-9-19(30-25-11-12-26-30)28-22(18)29(21)16-7-6-14-3-1-4-15(14)13-16;1-6-7(5-9)3-2-4-8-6;1-2/h2,5-11,13,26H,1,3-4,12H2,(H2,23,24);2-5H,1H3;2H2,1H3. The quantitative estimate of drug-likeness (QED) is 0.286. The summed E-state index contributed by atoms with van der Waals surface area (Å²) >= 11 is 0. The van der Waals surface area contributed by atoms with Crippen molar-refractivity contribution in [3.63, 3.8) is 0 Å². The second kappa shape index (κ2) is 12.5. The summed E-state index contributed by atoms with van der Waals surface area (Å²) in [4.78, 5) is 28.1. The van der Waals surface area contributed by atoms with Gasteiger partial charge in [-0.3, -0.25) is 14.3 Å². The van der Waals surface area contributed by atoms with E-state index in [1.54, 1.807) is 29.6 Å².